The standard InChI is InChI=1S/C16H22N2O2/c1-11(2)9-14(19)17-13-8-6-7-12(10-13)15(20)18-16(3,4)5/h6-10H,1-5H3,(H,17,19)(H,18,20). The summed E-state index contributed by atoms with van der Waals surface area (Å²) in [6.45, 7) is 9.47. The lowest BCUT2D eigenvalue weighted by atomic mass is 10.1. The normalized spacial score (nSPS) is 10.7. The molecule has 20 heavy (non-hydrogen) atoms. The van der Waals surface area contributed by atoms with E-state index in [1.165, 1.54) is 6.08 Å². The van der Waals surface area contributed by atoms with Gasteiger partial charge in [-0.25, -0.2) is 0 Å². The highest BCUT2D eigenvalue weighted by atomic mass is 16.2. The fourth-order valence-corrected chi connectivity index (χ4v) is 1.59. The van der Waals surface area contributed by atoms with Gasteiger partial charge in [0.2, 0.25) is 5.91 Å². The van der Waals surface area contributed by atoms with E-state index in [9.17, 15) is 9.59 Å². The van der Waals surface area contributed by atoms with Crippen molar-refractivity contribution in [3.8, 4) is 0 Å². The average molecular weight is 274 g/mol. The summed E-state index contributed by atoms with van der Waals surface area (Å²) in [4.78, 5) is 23.7. The lowest BCUT2D eigenvalue weighted by molar-refractivity contribution is -0.111. The van der Waals surface area contributed by atoms with Gasteiger partial charge in [-0.2, -0.15) is 0 Å². The lowest BCUT2D eigenvalue weighted by Gasteiger charge is -2.20. The van der Waals surface area contributed by atoms with Gasteiger partial charge in [0.25, 0.3) is 5.91 Å². The number of hydrogen-bond acceptors (Lipinski definition) is 2. The van der Waals surface area contributed by atoms with Crippen molar-refractivity contribution < 1.29 is 9.59 Å². The van der Waals surface area contributed by atoms with Crippen molar-refractivity contribution in [3.63, 3.8) is 0 Å². The molecular formula is C16H22N2O2. The van der Waals surface area contributed by atoms with E-state index in [1.807, 2.05) is 34.6 Å². The van der Waals surface area contributed by atoms with E-state index in [-0.39, 0.29) is 17.4 Å². The van der Waals surface area contributed by atoms with E-state index >= 15 is 0 Å². The first-order valence-electron chi connectivity index (χ1n) is 6.56. The van der Waals surface area contributed by atoms with Gasteiger partial charge >= 0.3 is 0 Å². The number of anilines is 1. The molecule has 0 saturated heterocycles. The molecule has 1 aromatic rings. The molecule has 0 fully saturated rings. The minimum absolute atomic E-state index is 0.157. The summed E-state index contributed by atoms with van der Waals surface area (Å²) in [5.41, 5.74) is 1.76. The van der Waals surface area contributed by atoms with Gasteiger partial charge in [-0.15, -0.1) is 0 Å². The molecule has 4 nitrogen and oxygen atoms in total. The molecule has 0 saturated carbocycles. The quantitative estimate of drug-likeness (QED) is 0.832. The highest BCUT2D eigenvalue weighted by Gasteiger charge is 2.15. The first-order chi connectivity index (χ1) is 9.17. The summed E-state index contributed by atoms with van der Waals surface area (Å²) in [6.07, 6.45) is 1.52. The minimum atomic E-state index is -0.293. The van der Waals surface area contributed by atoms with E-state index in [4.69, 9.17) is 0 Å². The Bertz CT molecular complexity index is 536. The summed E-state index contributed by atoms with van der Waals surface area (Å²) in [5.74, 6) is -0.353. The molecule has 4 heteroatoms. The monoisotopic (exact) mass is 274 g/mol. The van der Waals surface area contributed by atoms with Gasteiger partial charge in [0.1, 0.15) is 0 Å². The van der Waals surface area contributed by atoms with Crippen LogP contribution in [0.2, 0.25) is 0 Å². The van der Waals surface area contributed by atoms with Crippen molar-refractivity contribution in [2.75, 3.05) is 5.32 Å². The second-order valence-electron chi connectivity index (χ2n) is 6.00. The zero-order valence-electron chi connectivity index (χ0n) is 12.7. The Morgan fingerprint density at radius 3 is 2.35 bits per heavy atom. The number of allylic oxidation sites excluding steroid dienone is 1. The summed E-state index contributed by atoms with van der Waals surface area (Å²) >= 11 is 0. The van der Waals surface area contributed by atoms with Crippen LogP contribution in [0.5, 0.6) is 0 Å². The predicted octanol–water partition coefficient (Wildman–Crippen LogP) is 3.12. The van der Waals surface area contributed by atoms with Crippen molar-refractivity contribution >= 4 is 17.5 Å². The maximum absolute atomic E-state index is 12.0. The third-order valence-corrected chi connectivity index (χ3v) is 2.30. The Labute approximate surface area is 120 Å². The number of amides is 2. The van der Waals surface area contributed by atoms with Gasteiger partial charge in [0.15, 0.2) is 0 Å². The Hall–Kier alpha value is -2.10. The van der Waals surface area contributed by atoms with Crippen LogP contribution in [-0.2, 0) is 4.79 Å². The predicted molar refractivity (Wildman–Crippen MR) is 81.7 cm³/mol. The Morgan fingerprint density at radius 2 is 1.80 bits per heavy atom. The van der Waals surface area contributed by atoms with Crippen LogP contribution in [-0.4, -0.2) is 17.4 Å². The van der Waals surface area contributed by atoms with Crippen LogP contribution in [0.1, 0.15) is 45.0 Å². The molecule has 0 heterocycles. The molecule has 0 atom stereocenters. The molecular weight excluding hydrogens is 252 g/mol. The van der Waals surface area contributed by atoms with Crippen LogP contribution in [0, 0.1) is 0 Å². The van der Waals surface area contributed by atoms with E-state index in [2.05, 4.69) is 10.6 Å². The molecule has 0 radical (unpaired) electrons. The van der Waals surface area contributed by atoms with Crippen molar-refractivity contribution in [1.82, 2.24) is 5.32 Å². The molecule has 2 N–H and O–H groups in total. The zero-order chi connectivity index (χ0) is 15.3. The second kappa shape index (κ2) is 6.37. The average Bonchev–Trinajstić information content (AvgIpc) is 2.25. The van der Waals surface area contributed by atoms with Gasteiger partial charge in [-0.3, -0.25) is 9.59 Å². The van der Waals surface area contributed by atoms with E-state index < -0.39 is 0 Å². The van der Waals surface area contributed by atoms with Gasteiger partial charge in [0.05, 0.1) is 0 Å². The third kappa shape index (κ3) is 5.69. The Morgan fingerprint density at radius 1 is 1.15 bits per heavy atom. The lowest BCUT2D eigenvalue weighted by Crippen LogP contribution is -2.40. The number of hydrogen-bond donors (Lipinski definition) is 2. The number of carbonyl (C=O) groups excluding carboxylic acids is 2. The SMILES string of the molecule is CC(C)=CC(=O)Nc1cccc(C(=O)NC(C)(C)C)c1. The highest BCUT2D eigenvalue weighted by molar-refractivity contribution is 6.01. The smallest absolute Gasteiger partial charge is 0.251 e. The molecule has 2 amide bonds. The van der Waals surface area contributed by atoms with Gasteiger partial charge in [0, 0.05) is 22.9 Å². The molecule has 0 bridgehead atoms. The summed E-state index contributed by atoms with van der Waals surface area (Å²) in [6, 6.07) is 6.88. The van der Waals surface area contributed by atoms with Crippen LogP contribution >= 0.6 is 0 Å². The van der Waals surface area contributed by atoms with Gasteiger partial charge < -0.3 is 10.6 Å². The van der Waals surface area contributed by atoms with Crippen LogP contribution in [0.3, 0.4) is 0 Å². The highest BCUT2D eigenvalue weighted by Crippen LogP contribution is 2.12. The van der Waals surface area contributed by atoms with Gasteiger partial charge in [-0.05, 0) is 52.8 Å². The van der Waals surface area contributed by atoms with E-state index in [0.29, 0.717) is 11.3 Å². The topological polar surface area (TPSA) is 58.2 Å². The summed E-state index contributed by atoms with van der Waals surface area (Å²) in [5, 5.41) is 5.62. The number of benzene rings is 1. The maximum atomic E-state index is 12.0. The molecule has 0 unspecified atom stereocenters. The van der Waals surface area contributed by atoms with Crippen molar-refractivity contribution in [3.05, 3.63) is 41.5 Å². The molecule has 0 aromatic heterocycles. The van der Waals surface area contributed by atoms with Crippen LogP contribution in [0.15, 0.2) is 35.9 Å². The minimum Gasteiger partial charge on any atom is -0.347 e. The first kappa shape index (κ1) is 16.0. The van der Waals surface area contributed by atoms with Gasteiger partial charge in [-0.1, -0.05) is 11.6 Å². The third-order valence-electron chi connectivity index (χ3n) is 2.30. The molecule has 0 aliphatic carbocycles. The second-order valence-corrected chi connectivity index (χ2v) is 6.00. The Balaban J connectivity index is 2.83. The number of rotatable bonds is 3. The van der Waals surface area contributed by atoms with Crippen LogP contribution in [0.25, 0.3) is 0 Å². The van der Waals surface area contributed by atoms with Crippen molar-refractivity contribution in [2.24, 2.45) is 0 Å². The summed E-state index contributed by atoms with van der Waals surface area (Å²) < 4.78 is 0. The molecule has 1 rings (SSSR count). The first-order valence-corrected chi connectivity index (χ1v) is 6.56. The number of nitrogens with one attached hydrogen (secondary N) is 2. The van der Waals surface area contributed by atoms with Crippen molar-refractivity contribution in [1.29, 1.82) is 0 Å². The number of carbonyl (C=O) groups is 2. The zero-order valence-corrected chi connectivity index (χ0v) is 12.7. The molecule has 0 spiro atoms. The fraction of sp³-hybridized carbons (Fsp3) is 0.375. The maximum Gasteiger partial charge on any atom is 0.251 e. The molecule has 0 aliphatic heterocycles. The van der Waals surface area contributed by atoms with E-state index in [1.54, 1.807) is 24.3 Å². The van der Waals surface area contributed by atoms with Crippen LogP contribution < -0.4 is 10.6 Å². The molecule has 1 aromatic carbocycles. The Kier molecular flexibility index (Phi) is 5.08. The summed E-state index contributed by atoms with van der Waals surface area (Å²) in [7, 11) is 0. The fourth-order valence-electron chi connectivity index (χ4n) is 1.59. The van der Waals surface area contributed by atoms with Crippen molar-refractivity contribution in [2.45, 2.75) is 40.2 Å². The van der Waals surface area contributed by atoms with Crippen LogP contribution in [0.4, 0.5) is 5.69 Å². The molecule has 108 valence electrons. The molecule has 0 aliphatic rings. The van der Waals surface area contributed by atoms with E-state index in [0.717, 1.165) is 5.57 Å². The largest absolute Gasteiger partial charge is 0.347 e.